The van der Waals surface area contributed by atoms with Crippen molar-refractivity contribution in [2.75, 3.05) is 11.5 Å². The Bertz CT molecular complexity index is 794. The van der Waals surface area contributed by atoms with Gasteiger partial charge in [0, 0.05) is 17.4 Å². The van der Waals surface area contributed by atoms with Gasteiger partial charge in [0.25, 0.3) is 0 Å². The number of anilines is 2. The van der Waals surface area contributed by atoms with Crippen LogP contribution in [0.25, 0.3) is 11.0 Å². The number of aromatic nitrogens is 3. The Morgan fingerprint density at radius 1 is 1.15 bits per heavy atom. The van der Waals surface area contributed by atoms with Gasteiger partial charge in [-0.3, -0.25) is 0 Å². The van der Waals surface area contributed by atoms with Crippen LogP contribution in [-0.2, 0) is 0 Å². The summed E-state index contributed by atoms with van der Waals surface area (Å²) in [6.45, 7) is 3.95. The lowest BCUT2D eigenvalue weighted by Crippen LogP contribution is -1.98. The van der Waals surface area contributed by atoms with Gasteiger partial charge in [-0.2, -0.15) is 9.97 Å². The van der Waals surface area contributed by atoms with Crippen molar-refractivity contribution in [1.29, 1.82) is 0 Å². The molecule has 6 heteroatoms. The predicted octanol–water partition coefficient (Wildman–Crippen LogP) is 2.53. The molecule has 0 unspecified atom stereocenters. The molecule has 20 heavy (non-hydrogen) atoms. The number of fused-ring (bicyclic) bond motifs is 1. The normalized spacial score (nSPS) is 10.9. The Labute approximate surface area is 115 Å². The van der Waals surface area contributed by atoms with Gasteiger partial charge in [0.15, 0.2) is 0 Å². The summed E-state index contributed by atoms with van der Waals surface area (Å²) in [7, 11) is 0. The Balaban J connectivity index is 2.05. The van der Waals surface area contributed by atoms with E-state index in [2.05, 4.69) is 15.0 Å². The van der Waals surface area contributed by atoms with Crippen molar-refractivity contribution in [2.24, 2.45) is 0 Å². The summed E-state index contributed by atoms with van der Waals surface area (Å²) >= 11 is 0. The van der Waals surface area contributed by atoms with Crippen LogP contribution in [0.4, 0.5) is 11.5 Å². The van der Waals surface area contributed by atoms with E-state index < -0.39 is 0 Å². The number of aryl methyl sites for hydroxylation is 2. The number of nitrogens with one attached hydrogen (secondary N) is 1. The molecule has 0 fully saturated rings. The lowest BCUT2D eigenvalue weighted by molar-refractivity contribution is 0.445. The molecule has 102 valence electrons. The number of hydrogen-bond donors (Lipinski definition) is 3. The first-order valence-electron chi connectivity index (χ1n) is 6.20. The van der Waals surface area contributed by atoms with Crippen LogP contribution in [0.1, 0.15) is 11.3 Å². The highest BCUT2D eigenvalue weighted by atomic mass is 16.5. The highest BCUT2D eigenvalue weighted by Crippen LogP contribution is 2.28. The average Bonchev–Trinajstić information content (AvgIpc) is 2.65. The summed E-state index contributed by atoms with van der Waals surface area (Å²) in [6.07, 6.45) is 0. The number of hydrogen-bond acceptors (Lipinski definition) is 5. The van der Waals surface area contributed by atoms with E-state index in [1.165, 1.54) is 0 Å². The fourth-order valence-corrected chi connectivity index (χ4v) is 2.10. The highest BCUT2D eigenvalue weighted by Gasteiger charge is 2.13. The molecular weight excluding hydrogens is 254 g/mol. The van der Waals surface area contributed by atoms with Gasteiger partial charge in [-0.25, -0.2) is 0 Å². The van der Waals surface area contributed by atoms with Gasteiger partial charge in [0.05, 0.1) is 5.39 Å². The molecule has 2 aromatic heterocycles. The molecule has 3 aromatic rings. The third-order valence-electron chi connectivity index (χ3n) is 3.23. The maximum Gasteiger partial charge on any atom is 0.325 e. The molecule has 1 aromatic carbocycles. The molecule has 0 saturated heterocycles. The van der Waals surface area contributed by atoms with E-state index in [0.29, 0.717) is 22.9 Å². The SMILES string of the molecule is Cc1[nH]c2nc(Oc3cccc(N)c3)nc(N)c2c1C. The van der Waals surface area contributed by atoms with Gasteiger partial charge < -0.3 is 21.2 Å². The molecule has 2 heterocycles. The molecule has 0 amide bonds. The van der Waals surface area contributed by atoms with E-state index in [0.717, 1.165) is 16.6 Å². The summed E-state index contributed by atoms with van der Waals surface area (Å²) < 4.78 is 5.60. The molecule has 0 aliphatic rings. The third kappa shape index (κ3) is 2.01. The van der Waals surface area contributed by atoms with Crippen molar-refractivity contribution in [3.63, 3.8) is 0 Å². The zero-order valence-corrected chi connectivity index (χ0v) is 11.3. The zero-order chi connectivity index (χ0) is 14.3. The lowest BCUT2D eigenvalue weighted by atomic mass is 10.2. The molecule has 0 saturated carbocycles. The van der Waals surface area contributed by atoms with E-state index in [4.69, 9.17) is 16.2 Å². The number of ether oxygens (including phenoxy) is 1. The fourth-order valence-electron chi connectivity index (χ4n) is 2.10. The van der Waals surface area contributed by atoms with E-state index in [-0.39, 0.29) is 6.01 Å². The number of aromatic amines is 1. The minimum atomic E-state index is 0.196. The third-order valence-corrected chi connectivity index (χ3v) is 3.23. The van der Waals surface area contributed by atoms with Crippen molar-refractivity contribution in [3.05, 3.63) is 35.5 Å². The van der Waals surface area contributed by atoms with E-state index in [9.17, 15) is 0 Å². The molecule has 5 N–H and O–H groups in total. The minimum Gasteiger partial charge on any atom is -0.424 e. The van der Waals surface area contributed by atoms with Crippen LogP contribution < -0.4 is 16.2 Å². The molecule has 0 bridgehead atoms. The number of nitrogens with two attached hydrogens (primary N) is 2. The van der Waals surface area contributed by atoms with Gasteiger partial charge in [-0.1, -0.05) is 6.07 Å². The molecule has 6 nitrogen and oxygen atoms in total. The Kier molecular flexibility index (Phi) is 2.71. The second-order valence-electron chi connectivity index (χ2n) is 4.66. The van der Waals surface area contributed by atoms with Gasteiger partial charge in [0.1, 0.15) is 17.2 Å². The maximum atomic E-state index is 5.98. The van der Waals surface area contributed by atoms with Gasteiger partial charge >= 0.3 is 6.01 Å². The predicted molar refractivity (Wildman–Crippen MR) is 78.7 cm³/mol. The second-order valence-corrected chi connectivity index (χ2v) is 4.66. The van der Waals surface area contributed by atoms with Crippen molar-refractivity contribution in [2.45, 2.75) is 13.8 Å². The monoisotopic (exact) mass is 269 g/mol. The molecule has 0 spiro atoms. The highest BCUT2D eigenvalue weighted by molar-refractivity contribution is 5.90. The van der Waals surface area contributed by atoms with Gasteiger partial charge in [0.2, 0.25) is 0 Å². The Morgan fingerprint density at radius 2 is 1.95 bits per heavy atom. The van der Waals surface area contributed by atoms with Crippen LogP contribution in [-0.4, -0.2) is 15.0 Å². The van der Waals surface area contributed by atoms with Crippen molar-refractivity contribution >= 4 is 22.5 Å². The van der Waals surface area contributed by atoms with Crippen LogP contribution in [0.2, 0.25) is 0 Å². The van der Waals surface area contributed by atoms with Gasteiger partial charge in [-0.05, 0) is 31.5 Å². The van der Waals surface area contributed by atoms with Crippen LogP contribution in [0.15, 0.2) is 24.3 Å². The van der Waals surface area contributed by atoms with Gasteiger partial charge in [-0.15, -0.1) is 0 Å². The summed E-state index contributed by atoms with van der Waals surface area (Å²) in [5.74, 6) is 0.972. The molecule has 0 aliphatic heterocycles. The van der Waals surface area contributed by atoms with E-state index >= 15 is 0 Å². The van der Waals surface area contributed by atoms with Crippen LogP contribution in [0.5, 0.6) is 11.8 Å². The quantitative estimate of drug-likeness (QED) is 0.620. The molecule has 0 radical (unpaired) electrons. The molecule has 0 atom stereocenters. The largest absolute Gasteiger partial charge is 0.424 e. The number of nitrogen functional groups attached to an aromatic ring is 2. The number of rotatable bonds is 2. The van der Waals surface area contributed by atoms with E-state index in [1.807, 2.05) is 13.8 Å². The first-order valence-corrected chi connectivity index (χ1v) is 6.20. The van der Waals surface area contributed by atoms with Crippen molar-refractivity contribution in [3.8, 4) is 11.8 Å². The topological polar surface area (TPSA) is 103 Å². The van der Waals surface area contributed by atoms with E-state index in [1.54, 1.807) is 24.3 Å². The second kappa shape index (κ2) is 4.41. The molecule has 0 aliphatic carbocycles. The first-order chi connectivity index (χ1) is 9.54. The summed E-state index contributed by atoms with van der Waals surface area (Å²) in [5.41, 5.74) is 15.0. The number of nitrogens with zero attached hydrogens (tertiary/aromatic N) is 2. The van der Waals surface area contributed by atoms with Crippen molar-refractivity contribution < 1.29 is 4.74 Å². The standard InChI is InChI=1S/C14H15N5O/c1-7-8(2)17-13-11(7)12(16)18-14(19-13)20-10-5-3-4-9(15)6-10/h3-6H,15H2,1-2H3,(H3,16,17,18,19). The first kappa shape index (κ1) is 12.3. The smallest absolute Gasteiger partial charge is 0.325 e. The minimum absolute atomic E-state index is 0.196. The summed E-state index contributed by atoms with van der Waals surface area (Å²) in [6, 6.07) is 7.26. The maximum absolute atomic E-state index is 5.98. The fraction of sp³-hybridized carbons (Fsp3) is 0.143. The molecular formula is C14H15N5O. The number of H-pyrrole nitrogens is 1. The summed E-state index contributed by atoms with van der Waals surface area (Å²) in [5, 5.41) is 0.836. The Morgan fingerprint density at radius 3 is 2.70 bits per heavy atom. The number of benzene rings is 1. The summed E-state index contributed by atoms with van der Waals surface area (Å²) in [4.78, 5) is 11.7. The average molecular weight is 269 g/mol. The van der Waals surface area contributed by atoms with Crippen LogP contribution >= 0.6 is 0 Å². The molecule has 3 rings (SSSR count). The lowest BCUT2D eigenvalue weighted by Gasteiger charge is -2.05. The zero-order valence-electron chi connectivity index (χ0n) is 11.3. The van der Waals surface area contributed by atoms with Crippen molar-refractivity contribution in [1.82, 2.24) is 15.0 Å². The van der Waals surface area contributed by atoms with Crippen LogP contribution in [0, 0.1) is 13.8 Å². The Hall–Kier alpha value is -2.76. The van der Waals surface area contributed by atoms with Crippen LogP contribution in [0.3, 0.4) is 0 Å².